The van der Waals surface area contributed by atoms with Gasteiger partial charge in [0.1, 0.15) is 5.92 Å². The van der Waals surface area contributed by atoms with Crippen LogP contribution in [0, 0.1) is 17.2 Å². The largest absolute Gasteiger partial charge is 0.289 e. The summed E-state index contributed by atoms with van der Waals surface area (Å²) in [6, 6.07) is 17.4. The van der Waals surface area contributed by atoms with Crippen LogP contribution in [0.15, 0.2) is 48.5 Å². The molecule has 100 valence electrons. The van der Waals surface area contributed by atoms with E-state index in [1.807, 2.05) is 54.6 Å². The van der Waals surface area contributed by atoms with Crippen LogP contribution in [-0.2, 0) is 15.0 Å². The molecule has 3 heteroatoms. The average Bonchev–Trinajstić information content (AvgIpc) is 2.97. The van der Waals surface area contributed by atoms with Crippen LogP contribution >= 0.6 is 0 Å². The summed E-state index contributed by atoms with van der Waals surface area (Å²) in [5.74, 6) is -1.83. The van der Waals surface area contributed by atoms with Crippen molar-refractivity contribution in [2.75, 3.05) is 0 Å². The molecule has 0 radical (unpaired) electrons. The van der Waals surface area contributed by atoms with Crippen molar-refractivity contribution < 1.29 is 9.59 Å². The third-order valence-electron chi connectivity index (χ3n) is 4.66. The average molecular weight is 273 g/mol. The number of nitrogens with zero attached hydrogens (tertiary/aromatic N) is 1. The Kier molecular flexibility index (Phi) is 2.23. The number of Topliss-reactive ketones (excluding diaryl/α,β-unsaturated/α-hetero) is 2. The molecule has 0 bridgehead atoms. The summed E-state index contributed by atoms with van der Waals surface area (Å²) in [6.07, 6.45) is 0.259. The van der Waals surface area contributed by atoms with Crippen molar-refractivity contribution in [3.05, 3.63) is 59.7 Å². The number of fused-ring (bicyclic) bond motifs is 5. The molecule has 2 aromatic rings. The van der Waals surface area contributed by atoms with Gasteiger partial charge in [0, 0.05) is 0 Å². The monoisotopic (exact) mass is 273 g/mol. The molecule has 0 aromatic heterocycles. The second-order valence-corrected chi connectivity index (χ2v) is 5.58. The van der Waals surface area contributed by atoms with Gasteiger partial charge in [-0.2, -0.15) is 5.26 Å². The van der Waals surface area contributed by atoms with Gasteiger partial charge in [-0.05, 0) is 28.7 Å². The Morgan fingerprint density at radius 2 is 1.48 bits per heavy atom. The van der Waals surface area contributed by atoms with Crippen LogP contribution in [0.5, 0.6) is 0 Å². The molecule has 0 N–H and O–H groups in total. The van der Waals surface area contributed by atoms with Crippen LogP contribution in [0.25, 0.3) is 11.1 Å². The van der Waals surface area contributed by atoms with Crippen molar-refractivity contribution in [3.8, 4) is 17.2 Å². The maximum Gasteiger partial charge on any atom is 0.216 e. The van der Waals surface area contributed by atoms with E-state index in [9.17, 15) is 14.9 Å². The van der Waals surface area contributed by atoms with Gasteiger partial charge in [-0.25, -0.2) is 0 Å². The number of hydrogen-bond acceptors (Lipinski definition) is 3. The first kappa shape index (κ1) is 12.0. The first-order valence-corrected chi connectivity index (χ1v) is 6.88. The fourth-order valence-corrected chi connectivity index (χ4v) is 3.75. The minimum atomic E-state index is -0.954. The zero-order chi connectivity index (χ0) is 14.6. The lowest BCUT2D eigenvalue weighted by molar-refractivity contribution is -0.136. The van der Waals surface area contributed by atoms with Gasteiger partial charge in [0.15, 0.2) is 0 Å². The molecule has 3 nitrogen and oxygen atoms in total. The highest BCUT2D eigenvalue weighted by Crippen LogP contribution is 2.55. The van der Waals surface area contributed by atoms with E-state index in [-0.39, 0.29) is 6.42 Å². The molecule has 0 heterocycles. The molecular formula is C18H11NO2. The number of rotatable bonds is 0. The minimum absolute atomic E-state index is 0.259. The smallest absolute Gasteiger partial charge is 0.216 e. The zero-order valence-corrected chi connectivity index (χ0v) is 11.2. The van der Waals surface area contributed by atoms with Gasteiger partial charge in [0.2, 0.25) is 11.6 Å². The predicted molar refractivity (Wildman–Crippen MR) is 76.4 cm³/mol. The predicted octanol–water partition coefficient (Wildman–Crippen LogP) is 2.63. The molecule has 21 heavy (non-hydrogen) atoms. The molecule has 2 aliphatic carbocycles. The molecule has 1 spiro atoms. The first-order chi connectivity index (χ1) is 10.2. The van der Waals surface area contributed by atoms with Gasteiger partial charge in [0.25, 0.3) is 0 Å². The lowest BCUT2D eigenvalue weighted by Crippen LogP contribution is -2.32. The number of carbonyl (C=O) groups excluding carboxylic acids is 2. The molecule has 2 aliphatic rings. The molecule has 0 amide bonds. The summed E-state index contributed by atoms with van der Waals surface area (Å²) in [6.45, 7) is 0. The molecule has 0 saturated heterocycles. The van der Waals surface area contributed by atoms with Gasteiger partial charge in [-0.3, -0.25) is 9.59 Å². The fourth-order valence-electron chi connectivity index (χ4n) is 3.75. The Balaban J connectivity index is 2.09. The van der Waals surface area contributed by atoms with Crippen LogP contribution in [0.2, 0.25) is 0 Å². The van der Waals surface area contributed by atoms with Crippen molar-refractivity contribution in [1.82, 2.24) is 0 Å². The van der Waals surface area contributed by atoms with Crippen molar-refractivity contribution in [3.63, 3.8) is 0 Å². The Morgan fingerprint density at radius 3 is 1.95 bits per heavy atom. The van der Waals surface area contributed by atoms with Crippen molar-refractivity contribution >= 4 is 11.6 Å². The van der Waals surface area contributed by atoms with Gasteiger partial charge in [-0.1, -0.05) is 48.5 Å². The van der Waals surface area contributed by atoms with E-state index < -0.39 is 22.9 Å². The lowest BCUT2D eigenvalue weighted by Gasteiger charge is -2.23. The molecule has 0 aliphatic heterocycles. The second-order valence-electron chi connectivity index (χ2n) is 5.58. The van der Waals surface area contributed by atoms with E-state index in [4.69, 9.17) is 0 Å². The molecular weight excluding hydrogens is 262 g/mol. The van der Waals surface area contributed by atoms with E-state index in [2.05, 4.69) is 0 Å². The van der Waals surface area contributed by atoms with Gasteiger partial charge in [-0.15, -0.1) is 0 Å². The summed E-state index contributed by atoms with van der Waals surface area (Å²) in [4.78, 5) is 24.9. The van der Waals surface area contributed by atoms with E-state index in [0.29, 0.717) is 0 Å². The maximum atomic E-state index is 12.7. The SMILES string of the molecule is N#CC1CC2(C(=O)C1=O)c1ccccc1-c1ccccc12. The number of ketones is 2. The number of nitriles is 1. The van der Waals surface area contributed by atoms with E-state index in [1.165, 1.54) is 0 Å². The molecule has 1 fully saturated rings. The Hall–Kier alpha value is -2.73. The molecule has 2 aromatic carbocycles. The minimum Gasteiger partial charge on any atom is -0.289 e. The first-order valence-electron chi connectivity index (χ1n) is 6.88. The summed E-state index contributed by atoms with van der Waals surface area (Å²) < 4.78 is 0. The Morgan fingerprint density at radius 1 is 0.952 bits per heavy atom. The third-order valence-corrected chi connectivity index (χ3v) is 4.66. The van der Waals surface area contributed by atoms with Crippen molar-refractivity contribution in [2.24, 2.45) is 5.92 Å². The number of benzene rings is 2. The number of hydrogen-bond donors (Lipinski definition) is 0. The van der Waals surface area contributed by atoms with Gasteiger partial charge >= 0.3 is 0 Å². The van der Waals surface area contributed by atoms with Crippen LogP contribution < -0.4 is 0 Å². The van der Waals surface area contributed by atoms with Crippen molar-refractivity contribution in [1.29, 1.82) is 5.26 Å². The number of carbonyl (C=O) groups is 2. The quantitative estimate of drug-likeness (QED) is 0.693. The zero-order valence-electron chi connectivity index (χ0n) is 11.2. The summed E-state index contributed by atoms with van der Waals surface area (Å²) in [7, 11) is 0. The van der Waals surface area contributed by atoms with Gasteiger partial charge in [0.05, 0.1) is 11.5 Å². The molecule has 1 saturated carbocycles. The van der Waals surface area contributed by atoms with Crippen LogP contribution in [0.3, 0.4) is 0 Å². The topological polar surface area (TPSA) is 57.9 Å². The molecule has 4 rings (SSSR count). The standard InChI is InChI=1S/C18H11NO2/c19-10-11-9-18(17(21)16(11)20)14-7-3-1-5-12(14)13-6-2-4-8-15(13)18/h1-8,11H,9H2. The highest BCUT2D eigenvalue weighted by molar-refractivity contribution is 6.45. The van der Waals surface area contributed by atoms with Gasteiger partial charge < -0.3 is 0 Å². The van der Waals surface area contributed by atoms with E-state index in [1.54, 1.807) is 0 Å². The Labute approximate surface area is 121 Å². The fraction of sp³-hybridized carbons (Fsp3) is 0.167. The summed E-state index contributed by atoms with van der Waals surface area (Å²) >= 11 is 0. The van der Waals surface area contributed by atoms with Crippen LogP contribution in [-0.4, -0.2) is 11.6 Å². The summed E-state index contributed by atoms with van der Waals surface area (Å²) in [5.41, 5.74) is 2.76. The Bertz CT molecular complexity index is 799. The lowest BCUT2D eigenvalue weighted by atomic mass is 9.75. The van der Waals surface area contributed by atoms with Crippen molar-refractivity contribution in [2.45, 2.75) is 11.8 Å². The van der Waals surface area contributed by atoms with Crippen LogP contribution in [0.1, 0.15) is 17.5 Å². The van der Waals surface area contributed by atoms with E-state index in [0.717, 1.165) is 22.3 Å². The normalized spacial score (nSPS) is 21.2. The van der Waals surface area contributed by atoms with Crippen LogP contribution in [0.4, 0.5) is 0 Å². The molecule has 1 atom stereocenters. The van der Waals surface area contributed by atoms with E-state index >= 15 is 0 Å². The summed E-state index contributed by atoms with van der Waals surface area (Å²) in [5, 5.41) is 9.17. The maximum absolute atomic E-state index is 12.7. The second kappa shape index (κ2) is 3.89. The highest BCUT2D eigenvalue weighted by atomic mass is 16.2. The third kappa shape index (κ3) is 1.27. The highest BCUT2D eigenvalue weighted by Gasteiger charge is 2.58. The molecule has 1 unspecified atom stereocenters.